The molecule has 3 aromatic rings. The van der Waals surface area contributed by atoms with E-state index < -0.39 is 21.8 Å². The number of hydrazine groups is 1. The Kier molecular flexibility index (Phi) is 6.66. The van der Waals surface area contributed by atoms with Crippen LogP contribution in [-0.4, -0.2) is 60.4 Å². The number of nitrogens with zero attached hydrogens (tertiary/aromatic N) is 3. The van der Waals surface area contributed by atoms with Crippen molar-refractivity contribution in [1.29, 1.82) is 0 Å². The maximum absolute atomic E-state index is 12.9. The molecule has 1 saturated heterocycles. The van der Waals surface area contributed by atoms with Gasteiger partial charge in [0.1, 0.15) is 10.7 Å². The van der Waals surface area contributed by atoms with E-state index in [-0.39, 0.29) is 48.2 Å². The van der Waals surface area contributed by atoms with Crippen LogP contribution in [0, 0.1) is 0 Å². The predicted octanol–water partition coefficient (Wildman–Crippen LogP) is 1.25. The topological polar surface area (TPSA) is 123 Å². The molecule has 2 N–H and O–H groups in total. The Labute approximate surface area is 195 Å². The lowest BCUT2D eigenvalue weighted by Crippen LogP contribution is -2.43. The number of hydrogen-bond acceptors (Lipinski definition) is 6. The Balaban J connectivity index is 1.43. The molecule has 0 atom stereocenters. The SMILES string of the molecule is Cn1c(CC(=O)NNC(=O)c2ccc(Cl)c(S(=O)(=O)N3CCOCC3)c2)nc2ccccc21. The van der Waals surface area contributed by atoms with E-state index in [0.717, 1.165) is 11.0 Å². The van der Waals surface area contributed by atoms with Crippen LogP contribution in [0.3, 0.4) is 0 Å². The van der Waals surface area contributed by atoms with Crippen LogP contribution < -0.4 is 10.9 Å². The van der Waals surface area contributed by atoms with Gasteiger partial charge < -0.3 is 9.30 Å². The quantitative estimate of drug-likeness (QED) is 0.518. The van der Waals surface area contributed by atoms with Crippen molar-refractivity contribution in [1.82, 2.24) is 24.7 Å². The van der Waals surface area contributed by atoms with Crippen LogP contribution in [0.1, 0.15) is 16.2 Å². The fraction of sp³-hybridized carbons (Fsp3) is 0.286. The van der Waals surface area contributed by atoms with Gasteiger partial charge in [-0.05, 0) is 30.3 Å². The highest BCUT2D eigenvalue weighted by Crippen LogP contribution is 2.26. The van der Waals surface area contributed by atoms with E-state index in [1.807, 2.05) is 24.3 Å². The summed E-state index contributed by atoms with van der Waals surface area (Å²) in [5, 5.41) is 0.00363. The van der Waals surface area contributed by atoms with Gasteiger partial charge in [0.25, 0.3) is 5.91 Å². The lowest BCUT2D eigenvalue weighted by molar-refractivity contribution is -0.121. The number of benzene rings is 2. The average Bonchev–Trinajstić information content (AvgIpc) is 3.13. The van der Waals surface area contributed by atoms with Gasteiger partial charge in [0, 0.05) is 25.7 Å². The van der Waals surface area contributed by atoms with Crippen molar-refractivity contribution < 1.29 is 22.7 Å². The summed E-state index contributed by atoms with van der Waals surface area (Å²) < 4.78 is 34.1. The van der Waals surface area contributed by atoms with Gasteiger partial charge in [-0.15, -0.1) is 0 Å². The minimum atomic E-state index is -3.90. The molecule has 2 amide bonds. The fourth-order valence-corrected chi connectivity index (χ4v) is 5.42. The Morgan fingerprint density at radius 3 is 2.58 bits per heavy atom. The summed E-state index contributed by atoms with van der Waals surface area (Å²) >= 11 is 6.12. The van der Waals surface area contributed by atoms with Crippen molar-refractivity contribution in [3.8, 4) is 0 Å². The van der Waals surface area contributed by atoms with Gasteiger partial charge >= 0.3 is 0 Å². The molecule has 10 nitrogen and oxygen atoms in total. The third-order valence-electron chi connectivity index (χ3n) is 5.30. The van der Waals surface area contributed by atoms with E-state index in [4.69, 9.17) is 16.3 Å². The molecule has 1 aliphatic rings. The van der Waals surface area contributed by atoms with E-state index in [1.54, 1.807) is 11.6 Å². The number of fused-ring (bicyclic) bond motifs is 1. The Hall–Kier alpha value is -2.99. The summed E-state index contributed by atoms with van der Waals surface area (Å²) in [6, 6.07) is 11.4. The van der Waals surface area contributed by atoms with E-state index in [9.17, 15) is 18.0 Å². The molecule has 1 aromatic heterocycles. The van der Waals surface area contributed by atoms with E-state index in [2.05, 4.69) is 15.8 Å². The van der Waals surface area contributed by atoms with Crippen LogP contribution in [0.25, 0.3) is 11.0 Å². The third kappa shape index (κ3) is 4.86. The number of morpholine rings is 1. The van der Waals surface area contributed by atoms with Crippen LogP contribution in [0.2, 0.25) is 5.02 Å². The van der Waals surface area contributed by atoms with Crippen LogP contribution in [0.4, 0.5) is 0 Å². The number of rotatable bonds is 5. The average molecular weight is 492 g/mol. The zero-order valence-corrected chi connectivity index (χ0v) is 19.3. The summed E-state index contributed by atoms with van der Waals surface area (Å²) in [7, 11) is -2.09. The van der Waals surface area contributed by atoms with E-state index in [0.29, 0.717) is 5.82 Å². The molecule has 0 spiro atoms. The van der Waals surface area contributed by atoms with Crippen molar-refractivity contribution in [2.45, 2.75) is 11.3 Å². The highest BCUT2D eigenvalue weighted by Gasteiger charge is 2.29. The molecule has 4 rings (SSSR count). The van der Waals surface area contributed by atoms with Crippen molar-refractivity contribution in [3.05, 3.63) is 58.9 Å². The summed E-state index contributed by atoms with van der Waals surface area (Å²) in [5.74, 6) is -0.617. The van der Waals surface area contributed by atoms with E-state index >= 15 is 0 Å². The normalized spacial score (nSPS) is 14.8. The van der Waals surface area contributed by atoms with Crippen LogP contribution in [0.5, 0.6) is 0 Å². The molecule has 0 aliphatic carbocycles. The van der Waals surface area contributed by atoms with Gasteiger partial charge in [0.15, 0.2) is 0 Å². The van der Waals surface area contributed by atoms with Crippen LogP contribution in [-0.2, 0) is 33.0 Å². The summed E-state index contributed by atoms with van der Waals surface area (Å²) in [6.45, 7) is 0.976. The zero-order chi connectivity index (χ0) is 23.6. The second kappa shape index (κ2) is 9.48. The zero-order valence-electron chi connectivity index (χ0n) is 17.7. The molecular formula is C21H22ClN5O5S. The van der Waals surface area contributed by atoms with Gasteiger partial charge in [-0.1, -0.05) is 23.7 Å². The minimum absolute atomic E-state index is 0.00363. The number of imidazole rings is 1. The first-order chi connectivity index (χ1) is 15.8. The van der Waals surface area contributed by atoms with Crippen molar-refractivity contribution in [2.24, 2.45) is 7.05 Å². The Morgan fingerprint density at radius 1 is 1.12 bits per heavy atom. The summed E-state index contributed by atoms with van der Waals surface area (Å²) in [6.07, 6.45) is -0.0528. The number of nitrogens with one attached hydrogen (secondary N) is 2. The molecule has 1 fully saturated rings. The number of ether oxygens (including phenoxy) is 1. The number of halogens is 1. The molecule has 0 saturated carbocycles. The number of amides is 2. The van der Waals surface area contributed by atoms with Crippen molar-refractivity contribution in [2.75, 3.05) is 26.3 Å². The highest BCUT2D eigenvalue weighted by molar-refractivity contribution is 7.89. The number of sulfonamides is 1. The lowest BCUT2D eigenvalue weighted by Gasteiger charge is -2.26. The first-order valence-corrected chi connectivity index (χ1v) is 12.0. The van der Waals surface area contributed by atoms with Gasteiger partial charge in [0.05, 0.1) is 35.7 Å². The molecule has 12 heteroatoms. The Bertz CT molecular complexity index is 1320. The maximum Gasteiger partial charge on any atom is 0.269 e. The molecule has 33 heavy (non-hydrogen) atoms. The van der Waals surface area contributed by atoms with Crippen molar-refractivity contribution >= 4 is 44.5 Å². The van der Waals surface area contributed by atoms with Gasteiger partial charge in [-0.2, -0.15) is 4.31 Å². The summed E-state index contributed by atoms with van der Waals surface area (Å²) in [5.41, 5.74) is 6.33. The van der Waals surface area contributed by atoms with Crippen LogP contribution in [0.15, 0.2) is 47.4 Å². The maximum atomic E-state index is 12.9. The van der Waals surface area contributed by atoms with E-state index in [1.165, 1.54) is 22.5 Å². The van der Waals surface area contributed by atoms with Gasteiger partial charge in [-0.25, -0.2) is 13.4 Å². The second-order valence-corrected chi connectivity index (χ2v) is 9.73. The number of carbonyl (C=O) groups excluding carboxylic acids is 2. The third-order valence-corrected chi connectivity index (χ3v) is 7.68. The van der Waals surface area contributed by atoms with Gasteiger partial charge in [-0.3, -0.25) is 20.4 Å². The first-order valence-electron chi connectivity index (χ1n) is 10.1. The standard InChI is InChI=1S/C21H22ClN5O5S/c1-26-17-5-3-2-4-16(17)23-19(26)13-20(28)24-25-21(29)14-6-7-15(22)18(12-14)33(30,31)27-8-10-32-11-9-27/h2-7,12H,8-11,13H2,1H3,(H,24,28)(H,25,29). The Morgan fingerprint density at radius 2 is 1.85 bits per heavy atom. The largest absolute Gasteiger partial charge is 0.379 e. The smallest absolute Gasteiger partial charge is 0.269 e. The molecule has 174 valence electrons. The molecule has 0 radical (unpaired) electrons. The predicted molar refractivity (Wildman–Crippen MR) is 121 cm³/mol. The first kappa shape index (κ1) is 23.2. The number of aryl methyl sites for hydroxylation is 1. The number of aromatic nitrogens is 2. The number of hydrogen-bond donors (Lipinski definition) is 2. The molecule has 1 aliphatic heterocycles. The second-order valence-electron chi connectivity index (χ2n) is 7.42. The highest BCUT2D eigenvalue weighted by atomic mass is 35.5. The van der Waals surface area contributed by atoms with Crippen molar-refractivity contribution in [3.63, 3.8) is 0 Å². The van der Waals surface area contributed by atoms with Gasteiger partial charge in [0.2, 0.25) is 15.9 Å². The van der Waals surface area contributed by atoms with Crippen LogP contribution >= 0.6 is 11.6 Å². The molecule has 0 unspecified atom stereocenters. The molecule has 0 bridgehead atoms. The summed E-state index contributed by atoms with van der Waals surface area (Å²) in [4.78, 5) is 29.2. The molecular weight excluding hydrogens is 470 g/mol. The number of para-hydroxylation sites is 2. The monoisotopic (exact) mass is 491 g/mol. The molecule has 2 heterocycles. The number of carbonyl (C=O) groups is 2. The lowest BCUT2D eigenvalue weighted by atomic mass is 10.2. The molecule has 2 aromatic carbocycles. The fourth-order valence-electron chi connectivity index (χ4n) is 3.51. The minimum Gasteiger partial charge on any atom is -0.379 e.